The van der Waals surface area contributed by atoms with Gasteiger partial charge in [0.2, 0.25) is 11.8 Å². The molecule has 1 unspecified atom stereocenters. The molecule has 0 spiro atoms. The van der Waals surface area contributed by atoms with Gasteiger partial charge in [0.25, 0.3) is 0 Å². The predicted octanol–water partition coefficient (Wildman–Crippen LogP) is 2.65. The molecule has 1 aliphatic heterocycles. The van der Waals surface area contributed by atoms with Crippen molar-refractivity contribution in [3.05, 3.63) is 54.1 Å². The van der Waals surface area contributed by atoms with Crippen LogP contribution in [0.2, 0.25) is 0 Å². The molecule has 0 aliphatic carbocycles. The molecule has 2 aromatic rings. The number of hydrogen-bond donors (Lipinski definition) is 2. The van der Waals surface area contributed by atoms with Crippen LogP contribution >= 0.6 is 11.8 Å². The van der Waals surface area contributed by atoms with Crippen molar-refractivity contribution in [2.75, 3.05) is 12.4 Å². The molecule has 2 amide bonds. The van der Waals surface area contributed by atoms with Crippen molar-refractivity contribution >= 4 is 35.5 Å². The number of thioether (sulfide) groups is 1. The summed E-state index contributed by atoms with van der Waals surface area (Å²) in [5.41, 5.74) is 4.07. The summed E-state index contributed by atoms with van der Waals surface area (Å²) in [7, 11) is 1.60. The van der Waals surface area contributed by atoms with Crippen LogP contribution in [0.15, 0.2) is 58.5 Å². The second-order valence-electron chi connectivity index (χ2n) is 5.36. The maximum absolute atomic E-state index is 12.1. The van der Waals surface area contributed by atoms with Crippen LogP contribution in [0.4, 0.5) is 5.69 Å². The SMILES string of the molecule is COc1ccc(/C=N/NC(=O)CC2Sc3ccccc3NC2=O)cc1. The third kappa shape index (κ3) is 4.39. The van der Waals surface area contributed by atoms with Crippen molar-refractivity contribution in [2.24, 2.45) is 5.10 Å². The van der Waals surface area contributed by atoms with Gasteiger partial charge in [0.15, 0.2) is 0 Å². The molecule has 0 saturated heterocycles. The minimum atomic E-state index is -0.467. The van der Waals surface area contributed by atoms with E-state index in [1.54, 1.807) is 13.3 Å². The molecule has 0 bridgehead atoms. The summed E-state index contributed by atoms with van der Waals surface area (Å²) >= 11 is 1.39. The van der Waals surface area contributed by atoms with Crippen molar-refractivity contribution < 1.29 is 14.3 Å². The number of para-hydroxylation sites is 1. The number of methoxy groups -OCH3 is 1. The predicted molar refractivity (Wildman–Crippen MR) is 98.1 cm³/mol. The lowest BCUT2D eigenvalue weighted by Gasteiger charge is -2.23. The number of rotatable bonds is 5. The van der Waals surface area contributed by atoms with Gasteiger partial charge >= 0.3 is 0 Å². The molecule has 3 rings (SSSR count). The van der Waals surface area contributed by atoms with Gasteiger partial charge in [-0.25, -0.2) is 5.43 Å². The van der Waals surface area contributed by atoms with Gasteiger partial charge < -0.3 is 10.1 Å². The Balaban J connectivity index is 1.54. The number of amides is 2. The summed E-state index contributed by atoms with van der Waals surface area (Å²) in [4.78, 5) is 25.1. The number of carbonyl (C=O) groups is 2. The third-order valence-electron chi connectivity index (χ3n) is 3.60. The standard InChI is InChI=1S/C18H17N3O3S/c1-24-13-8-6-12(7-9-13)11-19-21-17(22)10-16-18(23)20-14-4-2-3-5-15(14)25-16/h2-9,11,16H,10H2,1H3,(H,20,23)(H,21,22)/b19-11+. The Kier molecular flexibility index (Phi) is 5.35. The monoisotopic (exact) mass is 355 g/mol. The maximum Gasteiger partial charge on any atom is 0.241 e. The number of nitrogens with zero attached hydrogens (tertiary/aromatic N) is 1. The number of anilines is 1. The van der Waals surface area contributed by atoms with Gasteiger partial charge in [-0.15, -0.1) is 11.8 Å². The molecule has 0 aromatic heterocycles. The molecule has 128 valence electrons. The fourth-order valence-corrected chi connectivity index (χ4v) is 3.42. The van der Waals surface area contributed by atoms with Crippen LogP contribution in [-0.2, 0) is 9.59 Å². The molecule has 1 heterocycles. The van der Waals surface area contributed by atoms with E-state index < -0.39 is 5.25 Å². The van der Waals surface area contributed by atoms with Gasteiger partial charge in [-0.05, 0) is 42.0 Å². The van der Waals surface area contributed by atoms with Crippen LogP contribution in [0.3, 0.4) is 0 Å². The quantitative estimate of drug-likeness (QED) is 0.638. The Hall–Kier alpha value is -2.80. The molecule has 0 radical (unpaired) electrons. The first-order valence-electron chi connectivity index (χ1n) is 7.68. The van der Waals surface area contributed by atoms with Gasteiger partial charge in [-0.2, -0.15) is 5.10 Å². The highest BCUT2D eigenvalue weighted by Gasteiger charge is 2.28. The van der Waals surface area contributed by atoms with Crippen molar-refractivity contribution in [3.8, 4) is 5.75 Å². The average molecular weight is 355 g/mol. The van der Waals surface area contributed by atoms with Crippen molar-refractivity contribution in [1.29, 1.82) is 0 Å². The van der Waals surface area contributed by atoms with Crippen molar-refractivity contribution in [1.82, 2.24) is 5.43 Å². The van der Waals surface area contributed by atoms with Crippen LogP contribution in [0, 0.1) is 0 Å². The number of nitrogens with one attached hydrogen (secondary N) is 2. The zero-order valence-corrected chi connectivity index (χ0v) is 14.4. The van der Waals surface area contributed by atoms with Crippen molar-refractivity contribution in [3.63, 3.8) is 0 Å². The fourth-order valence-electron chi connectivity index (χ4n) is 2.31. The first-order valence-corrected chi connectivity index (χ1v) is 8.56. The highest BCUT2D eigenvalue weighted by Crippen LogP contribution is 2.36. The molecule has 25 heavy (non-hydrogen) atoms. The van der Waals surface area contributed by atoms with Gasteiger partial charge in [0.1, 0.15) is 5.75 Å². The largest absolute Gasteiger partial charge is 0.497 e. The lowest BCUT2D eigenvalue weighted by atomic mass is 10.2. The summed E-state index contributed by atoms with van der Waals surface area (Å²) in [5.74, 6) is 0.275. The number of benzene rings is 2. The zero-order chi connectivity index (χ0) is 17.6. The Morgan fingerprint density at radius 3 is 2.80 bits per heavy atom. The van der Waals surface area contributed by atoms with Crippen LogP contribution in [0.5, 0.6) is 5.75 Å². The highest BCUT2D eigenvalue weighted by molar-refractivity contribution is 8.01. The molecule has 1 atom stereocenters. The van der Waals surface area contributed by atoms with Gasteiger partial charge in [0.05, 0.1) is 24.3 Å². The first-order chi connectivity index (χ1) is 12.2. The van der Waals surface area contributed by atoms with Gasteiger partial charge in [0, 0.05) is 11.3 Å². The van der Waals surface area contributed by atoms with Crippen LogP contribution in [-0.4, -0.2) is 30.4 Å². The molecule has 2 aromatic carbocycles. The molecule has 1 aliphatic rings. The van der Waals surface area contributed by atoms with E-state index in [9.17, 15) is 9.59 Å². The Morgan fingerprint density at radius 2 is 2.04 bits per heavy atom. The summed E-state index contributed by atoms with van der Waals surface area (Å²) in [6.45, 7) is 0. The molecule has 0 saturated carbocycles. The lowest BCUT2D eigenvalue weighted by Crippen LogP contribution is -2.33. The maximum atomic E-state index is 12.1. The van der Waals surface area contributed by atoms with E-state index in [0.717, 1.165) is 21.9 Å². The molecule has 0 fully saturated rings. The Bertz CT molecular complexity index is 805. The topological polar surface area (TPSA) is 79.8 Å². The molecular formula is C18H17N3O3S. The number of fused-ring (bicyclic) bond motifs is 1. The summed E-state index contributed by atoms with van der Waals surface area (Å²) < 4.78 is 5.08. The van der Waals surface area contributed by atoms with Crippen LogP contribution in [0.1, 0.15) is 12.0 Å². The third-order valence-corrected chi connectivity index (χ3v) is 4.87. The first kappa shape index (κ1) is 17.0. The summed E-state index contributed by atoms with van der Waals surface area (Å²) in [6, 6.07) is 14.8. The fraction of sp³-hybridized carbons (Fsp3) is 0.167. The van der Waals surface area contributed by atoms with E-state index in [1.165, 1.54) is 11.8 Å². The second-order valence-corrected chi connectivity index (χ2v) is 6.61. The zero-order valence-electron chi connectivity index (χ0n) is 13.6. The van der Waals surface area contributed by atoms with Gasteiger partial charge in [-0.3, -0.25) is 9.59 Å². The second kappa shape index (κ2) is 7.85. The minimum Gasteiger partial charge on any atom is -0.497 e. The normalized spacial score (nSPS) is 16.2. The van der Waals surface area contributed by atoms with Crippen LogP contribution < -0.4 is 15.5 Å². The summed E-state index contributed by atoms with van der Waals surface area (Å²) in [5, 5.41) is 6.28. The van der Waals surface area contributed by atoms with E-state index in [-0.39, 0.29) is 18.2 Å². The number of hydrazone groups is 1. The minimum absolute atomic E-state index is 0.0603. The summed E-state index contributed by atoms with van der Waals surface area (Å²) in [6.07, 6.45) is 1.60. The molecule has 2 N–H and O–H groups in total. The van der Waals surface area contributed by atoms with E-state index in [2.05, 4.69) is 15.8 Å². The molecular weight excluding hydrogens is 338 g/mol. The van der Waals surface area contributed by atoms with Crippen molar-refractivity contribution in [2.45, 2.75) is 16.6 Å². The smallest absolute Gasteiger partial charge is 0.241 e. The van der Waals surface area contributed by atoms with E-state index in [0.29, 0.717) is 0 Å². The van der Waals surface area contributed by atoms with E-state index in [1.807, 2.05) is 48.5 Å². The molecule has 6 nitrogen and oxygen atoms in total. The Labute approximate surface area is 149 Å². The Morgan fingerprint density at radius 1 is 1.28 bits per heavy atom. The average Bonchev–Trinajstić information content (AvgIpc) is 2.63. The van der Waals surface area contributed by atoms with Gasteiger partial charge in [-0.1, -0.05) is 12.1 Å². The lowest BCUT2D eigenvalue weighted by molar-refractivity contribution is -0.124. The number of ether oxygens (including phenoxy) is 1. The van der Waals surface area contributed by atoms with E-state index >= 15 is 0 Å². The number of hydrogen-bond acceptors (Lipinski definition) is 5. The van der Waals surface area contributed by atoms with Crippen LogP contribution in [0.25, 0.3) is 0 Å². The number of carbonyl (C=O) groups excluding carboxylic acids is 2. The molecule has 7 heteroatoms. The van der Waals surface area contributed by atoms with E-state index in [4.69, 9.17) is 4.74 Å². The highest BCUT2D eigenvalue weighted by atomic mass is 32.2.